The summed E-state index contributed by atoms with van der Waals surface area (Å²) in [5.41, 5.74) is 3.75. The maximum absolute atomic E-state index is 12.6. The van der Waals surface area contributed by atoms with Crippen LogP contribution in [-0.4, -0.2) is 31.0 Å². The number of halogens is 1. The predicted octanol–water partition coefficient (Wildman–Crippen LogP) is 3.69. The number of nitrogens with zero attached hydrogens (tertiary/aromatic N) is 1. The molecule has 0 saturated heterocycles. The summed E-state index contributed by atoms with van der Waals surface area (Å²) in [7, 11) is 1.56. The summed E-state index contributed by atoms with van der Waals surface area (Å²) in [6, 6.07) is 19.9. The van der Waals surface area contributed by atoms with Gasteiger partial charge < -0.3 is 15.4 Å². The number of anilines is 2. The van der Waals surface area contributed by atoms with Gasteiger partial charge >= 0.3 is 11.8 Å². The lowest BCUT2D eigenvalue weighted by molar-refractivity contribution is -0.136. The molecule has 0 heterocycles. The monoisotopic (exact) mass is 450 g/mol. The average molecular weight is 451 g/mol. The zero-order chi connectivity index (χ0) is 22.9. The number of carbonyl (C=O) groups is 3. The number of carbonyl (C=O) groups excluding carboxylic acids is 3. The van der Waals surface area contributed by atoms with Crippen molar-refractivity contribution >= 4 is 46.9 Å². The molecule has 0 aliphatic heterocycles. The lowest BCUT2D eigenvalue weighted by atomic mass is 10.1. The van der Waals surface area contributed by atoms with E-state index in [0.717, 1.165) is 0 Å². The smallest absolute Gasteiger partial charge is 0.329 e. The molecule has 0 spiro atoms. The average Bonchev–Trinajstić information content (AvgIpc) is 2.81. The van der Waals surface area contributed by atoms with Crippen LogP contribution in [0.3, 0.4) is 0 Å². The number of rotatable bonds is 6. The van der Waals surface area contributed by atoms with Gasteiger partial charge in [0.25, 0.3) is 5.91 Å². The molecular weight excluding hydrogens is 432 g/mol. The van der Waals surface area contributed by atoms with Gasteiger partial charge in [-0.2, -0.15) is 5.10 Å². The molecule has 3 amide bonds. The van der Waals surface area contributed by atoms with Crippen LogP contribution in [0, 0.1) is 0 Å². The van der Waals surface area contributed by atoms with E-state index in [1.165, 1.54) is 18.3 Å². The highest BCUT2D eigenvalue weighted by atomic mass is 35.5. The molecule has 32 heavy (non-hydrogen) atoms. The molecule has 162 valence electrons. The van der Waals surface area contributed by atoms with Crippen molar-refractivity contribution in [2.75, 3.05) is 17.7 Å². The Hall–Kier alpha value is -4.17. The molecule has 8 nitrogen and oxygen atoms in total. The van der Waals surface area contributed by atoms with Crippen molar-refractivity contribution in [1.82, 2.24) is 5.43 Å². The molecule has 0 atom stereocenters. The van der Waals surface area contributed by atoms with Gasteiger partial charge in [0.15, 0.2) is 0 Å². The Morgan fingerprint density at radius 2 is 1.56 bits per heavy atom. The molecule has 3 N–H and O–H groups in total. The van der Waals surface area contributed by atoms with Crippen LogP contribution in [0.15, 0.2) is 77.9 Å². The number of nitrogens with one attached hydrogen (secondary N) is 3. The number of para-hydroxylation sites is 1. The van der Waals surface area contributed by atoms with Gasteiger partial charge in [-0.1, -0.05) is 23.7 Å². The van der Waals surface area contributed by atoms with E-state index in [9.17, 15) is 14.4 Å². The van der Waals surface area contributed by atoms with Crippen molar-refractivity contribution in [3.63, 3.8) is 0 Å². The van der Waals surface area contributed by atoms with E-state index >= 15 is 0 Å². The number of methoxy groups -OCH3 is 1. The van der Waals surface area contributed by atoms with Gasteiger partial charge in [0, 0.05) is 10.7 Å². The molecule has 0 fully saturated rings. The lowest BCUT2D eigenvalue weighted by Crippen LogP contribution is -2.33. The normalized spacial score (nSPS) is 10.4. The minimum atomic E-state index is -0.984. The van der Waals surface area contributed by atoms with Gasteiger partial charge in [0.2, 0.25) is 0 Å². The second kappa shape index (κ2) is 10.7. The van der Waals surface area contributed by atoms with Crippen LogP contribution in [0.2, 0.25) is 5.02 Å². The SMILES string of the molecule is COc1ccc(/C=N\NC(=O)C(=O)Nc2ccccc2C(=O)Nc2ccc(Cl)cc2)cc1. The standard InChI is InChI=1S/C23H19ClN4O4/c1-32-18-12-6-15(7-13-18)14-25-28-23(31)22(30)27-20-5-3-2-4-19(20)21(29)26-17-10-8-16(24)9-11-17/h2-14H,1H3,(H,26,29)(H,27,30)(H,28,31)/b25-14-. The van der Waals surface area contributed by atoms with Crippen molar-refractivity contribution in [3.05, 3.63) is 88.9 Å². The minimum absolute atomic E-state index is 0.179. The molecule has 0 aliphatic carbocycles. The Morgan fingerprint density at radius 3 is 2.25 bits per heavy atom. The number of amides is 3. The molecule has 0 bridgehead atoms. The van der Waals surface area contributed by atoms with Crippen LogP contribution >= 0.6 is 11.6 Å². The maximum atomic E-state index is 12.6. The van der Waals surface area contributed by atoms with Crippen LogP contribution in [0.25, 0.3) is 0 Å². The molecule has 3 aromatic carbocycles. The Morgan fingerprint density at radius 1 is 0.875 bits per heavy atom. The molecular formula is C23H19ClN4O4. The van der Waals surface area contributed by atoms with E-state index in [0.29, 0.717) is 22.0 Å². The highest BCUT2D eigenvalue weighted by molar-refractivity contribution is 6.40. The van der Waals surface area contributed by atoms with Gasteiger partial charge in [-0.25, -0.2) is 5.43 Å². The van der Waals surface area contributed by atoms with Crippen molar-refractivity contribution in [2.45, 2.75) is 0 Å². The Labute approximate surface area is 189 Å². The fourth-order valence-electron chi connectivity index (χ4n) is 2.61. The molecule has 3 rings (SSSR count). The molecule has 0 unspecified atom stereocenters. The summed E-state index contributed by atoms with van der Waals surface area (Å²) < 4.78 is 5.06. The summed E-state index contributed by atoms with van der Waals surface area (Å²) in [6.45, 7) is 0. The molecule has 0 radical (unpaired) electrons. The van der Waals surface area contributed by atoms with Gasteiger partial charge in [-0.15, -0.1) is 0 Å². The third-order valence-corrected chi connectivity index (χ3v) is 4.48. The molecule has 9 heteroatoms. The van der Waals surface area contributed by atoms with Crippen molar-refractivity contribution < 1.29 is 19.1 Å². The molecule has 0 aliphatic rings. The van der Waals surface area contributed by atoms with E-state index in [1.54, 1.807) is 67.8 Å². The lowest BCUT2D eigenvalue weighted by Gasteiger charge is -2.11. The quantitative estimate of drug-likeness (QED) is 0.302. The fraction of sp³-hybridized carbons (Fsp3) is 0.0435. The summed E-state index contributed by atoms with van der Waals surface area (Å²) in [5.74, 6) is -1.73. The first-order valence-corrected chi connectivity index (χ1v) is 9.78. The van der Waals surface area contributed by atoms with Crippen LogP contribution in [-0.2, 0) is 9.59 Å². The summed E-state index contributed by atoms with van der Waals surface area (Å²) in [5, 5.41) is 9.44. The van der Waals surface area contributed by atoms with E-state index in [4.69, 9.17) is 16.3 Å². The Balaban J connectivity index is 1.61. The zero-order valence-electron chi connectivity index (χ0n) is 17.0. The van der Waals surface area contributed by atoms with Gasteiger partial charge in [0.05, 0.1) is 24.6 Å². The van der Waals surface area contributed by atoms with Crippen LogP contribution < -0.4 is 20.8 Å². The number of ether oxygens (including phenoxy) is 1. The number of hydrogen-bond acceptors (Lipinski definition) is 5. The third kappa shape index (κ3) is 6.16. The van der Waals surface area contributed by atoms with Crippen molar-refractivity contribution in [3.8, 4) is 5.75 Å². The van der Waals surface area contributed by atoms with Gasteiger partial charge in [-0.05, 0) is 66.2 Å². The van der Waals surface area contributed by atoms with Crippen LogP contribution in [0.1, 0.15) is 15.9 Å². The summed E-state index contributed by atoms with van der Waals surface area (Å²) >= 11 is 5.85. The second-order valence-corrected chi connectivity index (χ2v) is 6.87. The summed E-state index contributed by atoms with van der Waals surface area (Å²) in [6.07, 6.45) is 1.39. The highest BCUT2D eigenvalue weighted by Crippen LogP contribution is 2.19. The number of hydrazone groups is 1. The van der Waals surface area contributed by atoms with Crippen LogP contribution in [0.5, 0.6) is 5.75 Å². The Kier molecular flexibility index (Phi) is 7.55. The van der Waals surface area contributed by atoms with Crippen molar-refractivity contribution in [2.24, 2.45) is 5.10 Å². The predicted molar refractivity (Wildman–Crippen MR) is 123 cm³/mol. The Bertz CT molecular complexity index is 1150. The van der Waals surface area contributed by atoms with E-state index in [2.05, 4.69) is 21.2 Å². The fourth-order valence-corrected chi connectivity index (χ4v) is 2.73. The summed E-state index contributed by atoms with van der Waals surface area (Å²) in [4.78, 5) is 36.9. The molecule has 3 aromatic rings. The first-order chi connectivity index (χ1) is 15.5. The van der Waals surface area contributed by atoms with E-state index in [-0.39, 0.29) is 11.3 Å². The van der Waals surface area contributed by atoms with Crippen molar-refractivity contribution in [1.29, 1.82) is 0 Å². The van der Waals surface area contributed by atoms with E-state index < -0.39 is 17.7 Å². The first-order valence-electron chi connectivity index (χ1n) is 9.40. The highest BCUT2D eigenvalue weighted by Gasteiger charge is 2.17. The molecule has 0 saturated carbocycles. The maximum Gasteiger partial charge on any atom is 0.329 e. The topological polar surface area (TPSA) is 109 Å². The number of benzene rings is 3. The van der Waals surface area contributed by atoms with Crippen LogP contribution in [0.4, 0.5) is 11.4 Å². The largest absolute Gasteiger partial charge is 0.497 e. The third-order valence-electron chi connectivity index (χ3n) is 4.22. The minimum Gasteiger partial charge on any atom is -0.497 e. The second-order valence-electron chi connectivity index (χ2n) is 6.43. The van der Waals surface area contributed by atoms with Gasteiger partial charge in [0.1, 0.15) is 5.75 Å². The zero-order valence-corrected chi connectivity index (χ0v) is 17.7. The van der Waals surface area contributed by atoms with E-state index in [1.807, 2.05) is 0 Å². The first kappa shape index (κ1) is 22.5. The molecule has 0 aromatic heterocycles. The van der Waals surface area contributed by atoms with Gasteiger partial charge in [-0.3, -0.25) is 14.4 Å². The number of hydrogen-bond donors (Lipinski definition) is 3.